The van der Waals surface area contributed by atoms with Crippen molar-refractivity contribution < 1.29 is 4.79 Å². The molecular weight excluding hydrogens is 277 g/mol. The van der Waals surface area contributed by atoms with E-state index in [0.29, 0.717) is 21.3 Å². The Bertz CT molecular complexity index is 633. The van der Waals surface area contributed by atoms with Crippen LogP contribution in [0.4, 0.5) is 0 Å². The molecular formula is C11H9Cl2N3O2. The molecule has 0 saturated heterocycles. The van der Waals surface area contributed by atoms with Gasteiger partial charge in [-0.15, -0.1) is 0 Å². The number of rotatable bonds is 3. The summed E-state index contributed by atoms with van der Waals surface area (Å²) < 4.78 is 0. The van der Waals surface area contributed by atoms with Gasteiger partial charge < -0.3 is 10.4 Å². The van der Waals surface area contributed by atoms with Crippen molar-refractivity contribution in [3.8, 4) is 0 Å². The van der Waals surface area contributed by atoms with Gasteiger partial charge >= 0.3 is 0 Å². The van der Waals surface area contributed by atoms with Crippen LogP contribution in [0.2, 0.25) is 10.0 Å². The molecule has 0 atom stereocenters. The van der Waals surface area contributed by atoms with Gasteiger partial charge in [0, 0.05) is 11.1 Å². The zero-order valence-electron chi connectivity index (χ0n) is 9.09. The standard InChI is InChI=1S/C11H9Cl2N3O2/c12-6-1-2-9(13)8(3-6)11(18)14-5-7-4-10(17)16-15-7/h1-4H,5H2,(H,14,18)(H2,15,16,17). The normalized spacial score (nSPS) is 10.3. The van der Waals surface area contributed by atoms with Gasteiger partial charge in [0.05, 0.1) is 22.8 Å². The molecule has 1 heterocycles. The lowest BCUT2D eigenvalue weighted by Crippen LogP contribution is -2.23. The van der Waals surface area contributed by atoms with Gasteiger partial charge in [-0.1, -0.05) is 23.2 Å². The third-order valence-corrected chi connectivity index (χ3v) is 2.83. The van der Waals surface area contributed by atoms with Crippen LogP contribution in [0.25, 0.3) is 0 Å². The second kappa shape index (κ2) is 5.29. The molecule has 0 saturated carbocycles. The van der Waals surface area contributed by atoms with Crippen LogP contribution in [-0.4, -0.2) is 16.1 Å². The van der Waals surface area contributed by atoms with Crippen molar-refractivity contribution in [1.82, 2.24) is 15.5 Å². The highest BCUT2D eigenvalue weighted by Crippen LogP contribution is 2.20. The Morgan fingerprint density at radius 3 is 2.67 bits per heavy atom. The fourth-order valence-corrected chi connectivity index (χ4v) is 1.79. The molecule has 1 amide bonds. The van der Waals surface area contributed by atoms with E-state index in [-0.39, 0.29) is 18.0 Å². The first-order valence-electron chi connectivity index (χ1n) is 5.06. The van der Waals surface area contributed by atoms with Crippen LogP contribution in [0.3, 0.4) is 0 Å². The van der Waals surface area contributed by atoms with Crippen LogP contribution >= 0.6 is 23.2 Å². The lowest BCUT2D eigenvalue weighted by Gasteiger charge is -2.05. The summed E-state index contributed by atoms with van der Waals surface area (Å²) in [6.45, 7) is 0.195. The van der Waals surface area contributed by atoms with Crippen LogP contribution in [0.5, 0.6) is 0 Å². The third-order valence-electron chi connectivity index (χ3n) is 2.26. The van der Waals surface area contributed by atoms with E-state index in [0.717, 1.165) is 0 Å². The molecule has 2 rings (SSSR count). The van der Waals surface area contributed by atoms with Gasteiger partial charge in [0.1, 0.15) is 0 Å². The summed E-state index contributed by atoms with van der Waals surface area (Å²) in [7, 11) is 0. The number of hydrogen-bond donors (Lipinski definition) is 3. The number of carbonyl (C=O) groups excluding carboxylic acids is 1. The van der Waals surface area contributed by atoms with E-state index >= 15 is 0 Å². The Morgan fingerprint density at radius 2 is 2.00 bits per heavy atom. The molecule has 0 aliphatic carbocycles. The molecule has 2 aromatic rings. The maximum atomic E-state index is 11.8. The second-order valence-electron chi connectivity index (χ2n) is 3.59. The molecule has 94 valence electrons. The Balaban J connectivity index is 2.08. The predicted octanol–water partition coefficient (Wildman–Crippen LogP) is 1.94. The van der Waals surface area contributed by atoms with E-state index in [4.69, 9.17) is 23.2 Å². The van der Waals surface area contributed by atoms with Crippen LogP contribution in [0.1, 0.15) is 16.1 Å². The summed E-state index contributed by atoms with van der Waals surface area (Å²) in [6.07, 6.45) is 0. The minimum Gasteiger partial charge on any atom is -0.346 e. The molecule has 0 aliphatic rings. The average Bonchev–Trinajstić information content (AvgIpc) is 2.75. The number of carbonyl (C=O) groups is 1. The van der Waals surface area contributed by atoms with Gasteiger partial charge in [-0.2, -0.15) is 0 Å². The zero-order chi connectivity index (χ0) is 13.1. The topological polar surface area (TPSA) is 77.8 Å². The Labute approximate surface area is 112 Å². The van der Waals surface area contributed by atoms with E-state index in [1.807, 2.05) is 0 Å². The number of hydrogen-bond acceptors (Lipinski definition) is 2. The maximum absolute atomic E-state index is 11.8. The van der Waals surface area contributed by atoms with Crippen LogP contribution in [-0.2, 0) is 6.54 Å². The van der Waals surface area contributed by atoms with Crippen molar-refractivity contribution >= 4 is 29.1 Å². The van der Waals surface area contributed by atoms with Crippen molar-refractivity contribution in [3.05, 3.63) is 55.9 Å². The Kier molecular flexibility index (Phi) is 3.74. The third kappa shape index (κ3) is 2.94. The van der Waals surface area contributed by atoms with Gasteiger partial charge in [0.2, 0.25) is 0 Å². The highest BCUT2D eigenvalue weighted by atomic mass is 35.5. The molecule has 0 aliphatic heterocycles. The average molecular weight is 286 g/mol. The van der Waals surface area contributed by atoms with Crippen molar-refractivity contribution in [2.24, 2.45) is 0 Å². The zero-order valence-corrected chi connectivity index (χ0v) is 10.6. The largest absolute Gasteiger partial charge is 0.346 e. The van der Waals surface area contributed by atoms with Crippen LogP contribution < -0.4 is 10.9 Å². The molecule has 1 aromatic carbocycles. The van der Waals surface area contributed by atoms with E-state index < -0.39 is 0 Å². The molecule has 5 nitrogen and oxygen atoms in total. The lowest BCUT2D eigenvalue weighted by atomic mass is 10.2. The molecule has 0 radical (unpaired) electrons. The SMILES string of the molecule is O=C(NCc1cc(=O)[nH][nH]1)c1cc(Cl)ccc1Cl. The second-order valence-corrected chi connectivity index (χ2v) is 4.43. The van der Waals surface area contributed by atoms with Crippen LogP contribution in [0, 0.1) is 0 Å². The van der Waals surface area contributed by atoms with Gasteiger partial charge in [0.15, 0.2) is 0 Å². The molecule has 18 heavy (non-hydrogen) atoms. The first-order valence-corrected chi connectivity index (χ1v) is 5.81. The molecule has 0 bridgehead atoms. The summed E-state index contributed by atoms with van der Waals surface area (Å²) in [6, 6.07) is 6.00. The van der Waals surface area contributed by atoms with E-state index in [1.54, 1.807) is 12.1 Å². The van der Waals surface area contributed by atoms with Gasteiger partial charge in [-0.3, -0.25) is 14.7 Å². The molecule has 0 spiro atoms. The van der Waals surface area contributed by atoms with Gasteiger partial charge in [-0.05, 0) is 18.2 Å². The van der Waals surface area contributed by atoms with E-state index in [1.165, 1.54) is 12.1 Å². The Hall–Kier alpha value is -1.72. The fraction of sp³-hybridized carbons (Fsp3) is 0.0909. The smallest absolute Gasteiger partial charge is 0.264 e. The number of H-pyrrole nitrogens is 2. The van der Waals surface area contributed by atoms with E-state index in [9.17, 15) is 9.59 Å². The minimum absolute atomic E-state index is 0.195. The van der Waals surface area contributed by atoms with Crippen molar-refractivity contribution in [3.63, 3.8) is 0 Å². The molecule has 0 fully saturated rings. The predicted molar refractivity (Wildman–Crippen MR) is 69.0 cm³/mol. The summed E-state index contributed by atoms with van der Waals surface area (Å²) in [5, 5.41) is 8.37. The number of aromatic nitrogens is 2. The molecule has 1 aromatic heterocycles. The fourth-order valence-electron chi connectivity index (χ4n) is 1.41. The quantitative estimate of drug-likeness (QED) is 0.806. The summed E-state index contributed by atoms with van der Waals surface area (Å²) in [4.78, 5) is 22.7. The lowest BCUT2D eigenvalue weighted by molar-refractivity contribution is 0.0950. The first kappa shape index (κ1) is 12.7. The maximum Gasteiger partial charge on any atom is 0.264 e. The highest BCUT2D eigenvalue weighted by Gasteiger charge is 2.10. The number of aromatic amines is 2. The molecule has 3 N–H and O–H groups in total. The van der Waals surface area contributed by atoms with Crippen molar-refractivity contribution in [1.29, 1.82) is 0 Å². The molecule has 7 heteroatoms. The monoisotopic (exact) mass is 285 g/mol. The minimum atomic E-state index is -0.357. The summed E-state index contributed by atoms with van der Waals surface area (Å²) in [5.74, 6) is -0.357. The summed E-state index contributed by atoms with van der Waals surface area (Å²) in [5.41, 5.74) is 0.619. The number of nitrogens with one attached hydrogen (secondary N) is 3. The number of benzene rings is 1. The Morgan fingerprint density at radius 1 is 1.22 bits per heavy atom. The van der Waals surface area contributed by atoms with Gasteiger partial charge in [-0.25, -0.2) is 0 Å². The van der Waals surface area contributed by atoms with E-state index in [2.05, 4.69) is 15.5 Å². The number of halogens is 2. The van der Waals surface area contributed by atoms with Crippen LogP contribution in [0.15, 0.2) is 29.1 Å². The first-order chi connectivity index (χ1) is 8.56. The highest BCUT2D eigenvalue weighted by molar-refractivity contribution is 6.35. The number of amides is 1. The summed E-state index contributed by atoms with van der Waals surface area (Å²) >= 11 is 11.7. The van der Waals surface area contributed by atoms with Gasteiger partial charge in [0.25, 0.3) is 11.5 Å². The van der Waals surface area contributed by atoms with Crippen molar-refractivity contribution in [2.75, 3.05) is 0 Å². The van der Waals surface area contributed by atoms with Crippen molar-refractivity contribution in [2.45, 2.75) is 6.54 Å². The molecule has 0 unspecified atom stereocenters.